The fourth-order valence-corrected chi connectivity index (χ4v) is 4.41. The molecule has 9 heteroatoms. The summed E-state index contributed by atoms with van der Waals surface area (Å²) in [6, 6.07) is 12.0. The zero-order chi connectivity index (χ0) is 22.5. The van der Waals surface area contributed by atoms with E-state index < -0.39 is 0 Å². The minimum Gasteiger partial charge on any atom is -0.399 e. The molecule has 0 aliphatic carbocycles. The largest absolute Gasteiger partial charge is 0.399 e. The number of carbonyl (C=O) groups is 1. The number of nitrogens with two attached hydrogens (primary N) is 1. The Balaban J connectivity index is 1.53. The van der Waals surface area contributed by atoms with E-state index in [1.807, 2.05) is 49.2 Å². The maximum absolute atomic E-state index is 12.1. The highest BCUT2D eigenvalue weighted by molar-refractivity contribution is 7.15. The first-order chi connectivity index (χ1) is 15.5. The Morgan fingerprint density at radius 2 is 2.00 bits per heavy atom. The molecule has 1 aliphatic heterocycles. The van der Waals surface area contributed by atoms with Crippen LogP contribution in [0.3, 0.4) is 0 Å². The zero-order valence-corrected chi connectivity index (χ0v) is 19.3. The molecule has 1 fully saturated rings. The second-order valence-corrected chi connectivity index (χ2v) is 9.11. The number of carbonyl (C=O) groups excluding carboxylic acids is 1. The van der Waals surface area contributed by atoms with Crippen molar-refractivity contribution in [1.82, 2.24) is 25.1 Å². The Bertz CT molecular complexity index is 1080. The lowest BCUT2D eigenvalue weighted by atomic mass is 10.1. The monoisotopic (exact) mass is 451 g/mol. The zero-order valence-electron chi connectivity index (χ0n) is 18.5. The van der Waals surface area contributed by atoms with Crippen LogP contribution >= 0.6 is 11.3 Å². The van der Waals surface area contributed by atoms with Crippen LogP contribution in [-0.2, 0) is 6.54 Å². The Morgan fingerprint density at radius 1 is 1.19 bits per heavy atom. The van der Waals surface area contributed by atoms with Gasteiger partial charge in [0.15, 0.2) is 5.13 Å². The van der Waals surface area contributed by atoms with E-state index in [4.69, 9.17) is 10.7 Å². The Labute approximate surface area is 192 Å². The van der Waals surface area contributed by atoms with E-state index in [9.17, 15) is 4.79 Å². The van der Waals surface area contributed by atoms with Crippen molar-refractivity contribution in [2.24, 2.45) is 0 Å². The lowest BCUT2D eigenvalue weighted by Crippen LogP contribution is -2.51. The quantitative estimate of drug-likeness (QED) is 0.495. The third kappa shape index (κ3) is 5.54. The van der Waals surface area contributed by atoms with Gasteiger partial charge in [0.25, 0.3) is 0 Å². The molecule has 3 heterocycles. The summed E-state index contributed by atoms with van der Waals surface area (Å²) in [7, 11) is 0. The lowest BCUT2D eigenvalue weighted by Gasteiger charge is -2.34. The van der Waals surface area contributed by atoms with Crippen LogP contribution in [0.25, 0.3) is 11.3 Å². The van der Waals surface area contributed by atoms with E-state index in [0.29, 0.717) is 12.2 Å². The summed E-state index contributed by atoms with van der Waals surface area (Å²) < 4.78 is 0. The van der Waals surface area contributed by atoms with Crippen molar-refractivity contribution in [3.05, 3.63) is 53.0 Å². The maximum Gasteiger partial charge on any atom is 0.317 e. The molecule has 3 aromatic rings. The van der Waals surface area contributed by atoms with Crippen LogP contribution in [0.4, 0.5) is 21.4 Å². The minimum absolute atomic E-state index is 0.0187. The highest BCUT2D eigenvalue weighted by Gasteiger charge is 2.21. The summed E-state index contributed by atoms with van der Waals surface area (Å²) in [5.74, 6) is 0.759. The van der Waals surface area contributed by atoms with Crippen molar-refractivity contribution in [3.8, 4) is 11.3 Å². The van der Waals surface area contributed by atoms with E-state index in [1.54, 1.807) is 11.3 Å². The van der Waals surface area contributed by atoms with Gasteiger partial charge >= 0.3 is 6.03 Å². The van der Waals surface area contributed by atoms with Crippen LogP contribution in [-0.4, -0.2) is 58.5 Å². The van der Waals surface area contributed by atoms with Gasteiger partial charge in [-0.05, 0) is 43.7 Å². The molecule has 0 unspecified atom stereocenters. The standard InChI is InChI=1S/C23H29N7OS/c1-3-25-23(31)30-9-7-29(8-10-30)15-17-11-20(18-5-4-6-19(24)13-18)27-21(12-17)28-22-26-14-16(2)32-22/h4-6,11-14H,3,7-10,15,24H2,1-2H3,(H,25,31)(H,26,27,28). The molecule has 0 bridgehead atoms. The van der Waals surface area contributed by atoms with Crippen LogP contribution in [0.15, 0.2) is 42.6 Å². The van der Waals surface area contributed by atoms with E-state index in [0.717, 1.165) is 65.4 Å². The van der Waals surface area contributed by atoms with Gasteiger partial charge in [0, 0.05) is 61.6 Å². The average molecular weight is 452 g/mol. The van der Waals surface area contributed by atoms with E-state index >= 15 is 0 Å². The molecule has 168 valence electrons. The number of nitrogen functional groups attached to an aromatic ring is 1. The second-order valence-electron chi connectivity index (χ2n) is 7.87. The molecular formula is C23H29N7OS. The average Bonchev–Trinajstić information content (AvgIpc) is 3.18. The summed E-state index contributed by atoms with van der Waals surface area (Å²) in [6.45, 7) is 8.53. The van der Waals surface area contributed by atoms with Gasteiger partial charge in [-0.1, -0.05) is 12.1 Å². The molecule has 1 aromatic carbocycles. The molecule has 4 N–H and O–H groups in total. The Kier molecular flexibility index (Phi) is 6.87. The van der Waals surface area contributed by atoms with Crippen LogP contribution in [0.1, 0.15) is 17.4 Å². The molecule has 0 spiro atoms. The molecule has 2 amide bonds. The normalized spacial score (nSPS) is 14.4. The van der Waals surface area contributed by atoms with Crippen LogP contribution in [0.2, 0.25) is 0 Å². The number of pyridine rings is 1. The molecule has 0 saturated carbocycles. The predicted molar refractivity (Wildman–Crippen MR) is 130 cm³/mol. The van der Waals surface area contributed by atoms with Crippen molar-refractivity contribution in [1.29, 1.82) is 0 Å². The molecule has 0 radical (unpaired) electrons. The van der Waals surface area contributed by atoms with Gasteiger partial charge in [-0.3, -0.25) is 4.90 Å². The molecule has 8 nitrogen and oxygen atoms in total. The number of thiazole rings is 1. The van der Waals surface area contributed by atoms with Crippen LogP contribution in [0.5, 0.6) is 0 Å². The highest BCUT2D eigenvalue weighted by atomic mass is 32.1. The van der Waals surface area contributed by atoms with Crippen molar-refractivity contribution < 1.29 is 4.79 Å². The van der Waals surface area contributed by atoms with E-state index in [1.165, 1.54) is 0 Å². The first kappa shape index (κ1) is 22.0. The van der Waals surface area contributed by atoms with Gasteiger partial charge < -0.3 is 21.3 Å². The number of nitrogens with one attached hydrogen (secondary N) is 2. The number of hydrogen-bond donors (Lipinski definition) is 3. The van der Waals surface area contributed by atoms with Crippen molar-refractivity contribution in [2.45, 2.75) is 20.4 Å². The van der Waals surface area contributed by atoms with Gasteiger partial charge in [-0.25, -0.2) is 14.8 Å². The molecule has 0 atom stereocenters. The number of rotatable bonds is 6. The number of nitrogens with zero attached hydrogens (tertiary/aromatic N) is 4. The molecule has 1 saturated heterocycles. The summed E-state index contributed by atoms with van der Waals surface area (Å²) >= 11 is 1.60. The first-order valence-electron chi connectivity index (χ1n) is 10.8. The number of piperazine rings is 1. The van der Waals surface area contributed by atoms with Crippen LogP contribution in [0, 0.1) is 6.92 Å². The summed E-state index contributed by atoms with van der Waals surface area (Å²) in [5, 5.41) is 7.05. The second kappa shape index (κ2) is 9.97. The van der Waals surface area contributed by atoms with Gasteiger partial charge in [0.1, 0.15) is 5.82 Å². The van der Waals surface area contributed by atoms with Gasteiger partial charge in [-0.2, -0.15) is 0 Å². The molecule has 1 aliphatic rings. The SMILES string of the molecule is CCNC(=O)N1CCN(Cc2cc(Nc3ncc(C)s3)nc(-c3cccc(N)c3)c2)CC1. The number of aromatic nitrogens is 2. The third-order valence-corrected chi connectivity index (χ3v) is 6.15. The maximum atomic E-state index is 12.1. The van der Waals surface area contributed by atoms with Gasteiger partial charge in [0.2, 0.25) is 0 Å². The lowest BCUT2D eigenvalue weighted by molar-refractivity contribution is 0.135. The number of anilines is 3. The van der Waals surface area contributed by atoms with Crippen molar-refractivity contribution in [2.75, 3.05) is 43.8 Å². The van der Waals surface area contributed by atoms with Gasteiger partial charge in [-0.15, -0.1) is 11.3 Å². The molecule has 4 rings (SSSR count). The smallest absolute Gasteiger partial charge is 0.317 e. The Morgan fingerprint density at radius 3 is 2.69 bits per heavy atom. The summed E-state index contributed by atoms with van der Waals surface area (Å²) in [6.07, 6.45) is 1.85. The number of hydrogen-bond acceptors (Lipinski definition) is 7. The summed E-state index contributed by atoms with van der Waals surface area (Å²) in [4.78, 5) is 26.7. The van der Waals surface area contributed by atoms with Crippen LogP contribution < -0.4 is 16.4 Å². The predicted octanol–water partition coefficient (Wildman–Crippen LogP) is 3.69. The highest BCUT2D eigenvalue weighted by Crippen LogP contribution is 2.27. The number of amides is 2. The molecule has 32 heavy (non-hydrogen) atoms. The van der Waals surface area contributed by atoms with Crippen molar-refractivity contribution >= 4 is 34.0 Å². The number of aryl methyl sites for hydroxylation is 1. The molecular weight excluding hydrogens is 422 g/mol. The fourth-order valence-electron chi connectivity index (χ4n) is 3.74. The van der Waals surface area contributed by atoms with E-state index in [2.05, 4.69) is 32.7 Å². The fraction of sp³-hybridized carbons (Fsp3) is 0.348. The number of benzene rings is 1. The minimum atomic E-state index is 0.0187. The van der Waals surface area contributed by atoms with Crippen molar-refractivity contribution in [3.63, 3.8) is 0 Å². The summed E-state index contributed by atoms with van der Waals surface area (Å²) in [5.41, 5.74) is 9.72. The number of urea groups is 1. The topological polar surface area (TPSA) is 99.4 Å². The third-order valence-electron chi connectivity index (χ3n) is 5.32. The van der Waals surface area contributed by atoms with E-state index in [-0.39, 0.29) is 6.03 Å². The first-order valence-corrected chi connectivity index (χ1v) is 11.6. The molecule has 2 aromatic heterocycles. The Hall–Kier alpha value is -3.17. The van der Waals surface area contributed by atoms with Gasteiger partial charge in [0.05, 0.1) is 5.69 Å².